The first-order chi connectivity index (χ1) is 10.2. The van der Waals surface area contributed by atoms with Crippen molar-refractivity contribution in [1.82, 2.24) is 5.06 Å². The number of hydrogen-bond donors (Lipinski definition) is 0. The summed E-state index contributed by atoms with van der Waals surface area (Å²) in [5.41, 5.74) is 1.77. The highest BCUT2D eigenvalue weighted by Gasteiger charge is 2.46. The number of hydroxylamine groups is 2. The Hall–Kier alpha value is -1.97. The van der Waals surface area contributed by atoms with Crippen LogP contribution in [-0.2, 0) is 16.2 Å². The maximum Gasteiger partial charge on any atom is 0.130 e. The molecule has 108 valence electrons. The third-order valence-corrected chi connectivity index (χ3v) is 4.02. The highest BCUT2D eigenvalue weighted by Crippen LogP contribution is 2.43. The third kappa shape index (κ3) is 2.75. The lowest BCUT2D eigenvalue weighted by Crippen LogP contribution is -2.31. The molecule has 3 rings (SSSR count). The zero-order valence-corrected chi connectivity index (χ0v) is 12.1. The second-order valence-corrected chi connectivity index (χ2v) is 5.77. The molecule has 0 aliphatic carbocycles. The largest absolute Gasteiger partial charge is 0.303 e. The molecule has 1 aliphatic heterocycles. The minimum atomic E-state index is -0.518. The van der Waals surface area contributed by atoms with Gasteiger partial charge in [-0.05, 0) is 18.1 Å². The summed E-state index contributed by atoms with van der Waals surface area (Å²) >= 11 is 0. The second-order valence-electron chi connectivity index (χ2n) is 5.77. The molecule has 3 nitrogen and oxygen atoms in total. The van der Waals surface area contributed by atoms with Crippen LogP contribution in [0.4, 0.5) is 0 Å². The predicted molar refractivity (Wildman–Crippen MR) is 81.3 cm³/mol. The average molecular weight is 281 g/mol. The van der Waals surface area contributed by atoms with Crippen LogP contribution in [-0.4, -0.2) is 18.0 Å². The highest BCUT2D eigenvalue weighted by molar-refractivity contribution is 5.61. The Balaban J connectivity index is 1.91. The average Bonchev–Trinajstić information content (AvgIpc) is 2.86. The van der Waals surface area contributed by atoms with Gasteiger partial charge in [-0.3, -0.25) is 4.84 Å². The topological polar surface area (TPSA) is 29.5 Å². The van der Waals surface area contributed by atoms with Crippen molar-refractivity contribution in [2.75, 3.05) is 6.61 Å². The molecule has 1 fully saturated rings. The van der Waals surface area contributed by atoms with E-state index in [0.29, 0.717) is 13.2 Å². The molecule has 0 spiro atoms. The molecule has 2 aromatic rings. The van der Waals surface area contributed by atoms with E-state index in [0.717, 1.165) is 11.8 Å². The van der Waals surface area contributed by atoms with E-state index in [2.05, 4.69) is 24.3 Å². The fraction of sp³-hybridized carbons (Fsp3) is 0.278. The maximum atomic E-state index is 11.6. The van der Waals surface area contributed by atoms with E-state index >= 15 is 0 Å². The Morgan fingerprint density at radius 2 is 1.76 bits per heavy atom. The monoisotopic (exact) mass is 281 g/mol. The Kier molecular flexibility index (Phi) is 3.86. The van der Waals surface area contributed by atoms with Gasteiger partial charge in [-0.2, -0.15) is 5.06 Å². The molecular weight excluding hydrogens is 262 g/mol. The number of carbonyl (C=O) groups excluding carboxylic acids is 1. The number of rotatable bonds is 4. The predicted octanol–water partition coefficient (Wildman–Crippen LogP) is 3.38. The van der Waals surface area contributed by atoms with Gasteiger partial charge < -0.3 is 4.79 Å². The van der Waals surface area contributed by atoms with Crippen LogP contribution in [0.2, 0.25) is 0 Å². The Morgan fingerprint density at radius 3 is 2.38 bits per heavy atom. The van der Waals surface area contributed by atoms with Crippen LogP contribution in [0.5, 0.6) is 0 Å². The van der Waals surface area contributed by atoms with Crippen LogP contribution in [0, 0.1) is 5.41 Å². The van der Waals surface area contributed by atoms with E-state index in [1.807, 2.05) is 48.4 Å². The summed E-state index contributed by atoms with van der Waals surface area (Å²) in [6.45, 7) is 3.05. The fourth-order valence-corrected chi connectivity index (χ4v) is 2.89. The molecule has 0 unspecified atom stereocenters. The molecule has 3 heteroatoms. The molecule has 2 atom stereocenters. The number of aldehydes is 1. The second kappa shape index (κ2) is 5.80. The van der Waals surface area contributed by atoms with Crippen LogP contribution in [0.25, 0.3) is 0 Å². The Labute approximate surface area is 125 Å². The summed E-state index contributed by atoms with van der Waals surface area (Å²) in [7, 11) is 0. The van der Waals surface area contributed by atoms with Gasteiger partial charge in [0, 0.05) is 6.54 Å². The van der Waals surface area contributed by atoms with E-state index in [1.165, 1.54) is 5.56 Å². The SMILES string of the molecule is C[C@@]1(C=O)CON(Cc2ccccc2)[C@H]1c1ccccc1. The van der Waals surface area contributed by atoms with Gasteiger partial charge in [-0.1, -0.05) is 60.7 Å². The zero-order chi connectivity index (χ0) is 14.7. The standard InChI is InChI=1S/C18H19NO2/c1-18(13-20)14-21-19(12-15-8-4-2-5-9-15)17(18)16-10-6-3-7-11-16/h2-11,13,17H,12,14H2,1H3/t17-,18+/m0/s1. The summed E-state index contributed by atoms with van der Waals surface area (Å²) in [6, 6.07) is 20.2. The quantitative estimate of drug-likeness (QED) is 0.805. The highest BCUT2D eigenvalue weighted by atomic mass is 16.7. The van der Waals surface area contributed by atoms with Crippen LogP contribution in [0.3, 0.4) is 0 Å². The minimum Gasteiger partial charge on any atom is -0.303 e. The molecule has 0 amide bonds. The van der Waals surface area contributed by atoms with Crippen LogP contribution < -0.4 is 0 Å². The van der Waals surface area contributed by atoms with Gasteiger partial charge in [-0.25, -0.2) is 0 Å². The molecular formula is C18H19NO2. The normalized spacial score (nSPS) is 25.9. The number of hydrogen-bond acceptors (Lipinski definition) is 3. The lowest BCUT2D eigenvalue weighted by molar-refractivity contribution is -0.141. The summed E-state index contributed by atoms with van der Waals surface area (Å²) in [6.07, 6.45) is 1.02. The third-order valence-electron chi connectivity index (χ3n) is 4.02. The molecule has 0 N–H and O–H groups in total. The van der Waals surface area contributed by atoms with Crippen molar-refractivity contribution in [2.45, 2.75) is 19.5 Å². The molecule has 1 heterocycles. The first-order valence-corrected chi connectivity index (χ1v) is 7.18. The van der Waals surface area contributed by atoms with Gasteiger partial charge >= 0.3 is 0 Å². The van der Waals surface area contributed by atoms with Crippen LogP contribution in [0.15, 0.2) is 60.7 Å². The van der Waals surface area contributed by atoms with Crippen molar-refractivity contribution in [1.29, 1.82) is 0 Å². The van der Waals surface area contributed by atoms with Gasteiger partial charge in [0.2, 0.25) is 0 Å². The van der Waals surface area contributed by atoms with Crippen molar-refractivity contribution in [3.05, 3.63) is 71.8 Å². The first kappa shape index (κ1) is 14.0. The number of benzene rings is 2. The number of carbonyl (C=O) groups is 1. The number of nitrogens with zero attached hydrogens (tertiary/aromatic N) is 1. The van der Waals surface area contributed by atoms with Gasteiger partial charge in [-0.15, -0.1) is 0 Å². The van der Waals surface area contributed by atoms with Gasteiger partial charge in [0.1, 0.15) is 6.29 Å². The molecule has 0 saturated carbocycles. The van der Waals surface area contributed by atoms with Gasteiger partial charge in [0.05, 0.1) is 18.1 Å². The summed E-state index contributed by atoms with van der Waals surface area (Å²) in [5.74, 6) is 0. The molecule has 1 saturated heterocycles. The van der Waals surface area contributed by atoms with Crippen molar-refractivity contribution in [2.24, 2.45) is 5.41 Å². The van der Waals surface area contributed by atoms with E-state index in [-0.39, 0.29) is 6.04 Å². The summed E-state index contributed by atoms with van der Waals surface area (Å²) < 4.78 is 0. The lowest BCUT2D eigenvalue weighted by Gasteiger charge is -2.29. The van der Waals surface area contributed by atoms with E-state index in [9.17, 15) is 4.79 Å². The van der Waals surface area contributed by atoms with Crippen molar-refractivity contribution < 1.29 is 9.63 Å². The molecule has 0 radical (unpaired) electrons. The van der Waals surface area contributed by atoms with Gasteiger partial charge in [0.25, 0.3) is 0 Å². The van der Waals surface area contributed by atoms with Crippen LogP contribution in [0.1, 0.15) is 24.1 Å². The van der Waals surface area contributed by atoms with Crippen molar-refractivity contribution >= 4 is 6.29 Å². The lowest BCUT2D eigenvalue weighted by atomic mass is 9.81. The van der Waals surface area contributed by atoms with Crippen molar-refractivity contribution in [3.8, 4) is 0 Å². The molecule has 0 aromatic heterocycles. The zero-order valence-electron chi connectivity index (χ0n) is 12.1. The van der Waals surface area contributed by atoms with E-state index < -0.39 is 5.41 Å². The molecule has 0 bridgehead atoms. The smallest absolute Gasteiger partial charge is 0.130 e. The summed E-state index contributed by atoms with van der Waals surface area (Å²) in [4.78, 5) is 17.4. The maximum absolute atomic E-state index is 11.6. The van der Waals surface area contributed by atoms with E-state index in [1.54, 1.807) is 0 Å². The molecule has 21 heavy (non-hydrogen) atoms. The Morgan fingerprint density at radius 1 is 1.14 bits per heavy atom. The van der Waals surface area contributed by atoms with Crippen molar-refractivity contribution in [3.63, 3.8) is 0 Å². The first-order valence-electron chi connectivity index (χ1n) is 7.18. The van der Waals surface area contributed by atoms with Crippen LogP contribution >= 0.6 is 0 Å². The summed E-state index contributed by atoms with van der Waals surface area (Å²) in [5, 5.41) is 1.93. The molecule has 2 aromatic carbocycles. The minimum absolute atomic E-state index is 0.0589. The van der Waals surface area contributed by atoms with Gasteiger partial charge in [0.15, 0.2) is 0 Å². The van der Waals surface area contributed by atoms with E-state index in [4.69, 9.17) is 4.84 Å². The fourth-order valence-electron chi connectivity index (χ4n) is 2.89. The Bertz CT molecular complexity index is 599. The molecule has 1 aliphatic rings.